The van der Waals surface area contributed by atoms with Crippen LogP contribution < -0.4 is 5.73 Å². The summed E-state index contributed by atoms with van der Waals surface area (Å²) in [6.07, 6.45) is 1.67. The molecular formula is C8H12N2O2. The Morgan fingerprint density at radius 1 is 1.75 bits per heavy atom. The molecule has 4 nitrogen and oxygen atoms in total. The summed E-state index contributed by atoms with van der Waals surface area (Å²) in [6, 6.07) is 1.60. The van der Waals surface area contributed by atoms with Gasteiger partial charge in [-0.05, 0) is 13.0 Å². The molecule has 1 aromatic heterocycles. The molecule has 0 aliphatic heterocycles. The molecule has 0 fully saturated rings. The number of aryl methyl sites for hydroxylation is 1. The Hall–Kier alpha value is -1.45. The topological polar surface area (TPSA) is 57.2 Å². The molecule has 0 bridgehead atoms. The van der Waals surface area contributed by atoms with E-state index in [1.807, 2.05) is 0 Å². The number of anilines is 1. The van der Waals surface area contributed by atoms with E-state index in [0.29, 0.717) is 18.0 Å². The van der Waals surface area contributed by atoms with Crippen molar-refractivity contribution < 1.29 is 9.53 Å². The monoisotopic (exact) mass is 168 g/mol. The number of esters is 1. The maximum absolute atomic E-state index is 11.2. The van der Waals surface area contributed by atoms with Crippen LogP contribution in [0, 0.1) is 0 Å². The van der Waals surface area contributed by atoms with E-state index in [1.165, 1.54) is 0 Å². The number of nitrogen functional groups attached to an aromatic ring is 1. The van der Waals surface area contributed by atoms with Gasteiger partial charge in [-0.25, -0.2) is 4.79 Å². The Morgan fingerprint density at radius 2 is 2.42 bits per heavy atom. The minimum absolute atomic E-state index is 0.336. The Morgan fingerprint density at radius 3 is 2.83 bits per heavy atom. The van der Waals surface area contributed by atoms with Crippen LogP contribution in [0.1, 0.15) is 17.4 Å². The van der Waals surface area contributed by atoms with Crippen LogP contribution in [0.5, 0.6) is 0 Å². The molecule has 12 heavy (non-hydrogen) atoms. The van der Waals surface area contributed by atoms with Crippen molar-refractivity contribution in [3.63, 3.8) is 0 Å². The van der Waals surface area contributed by atoms with E-state index in [4.69, 9.17) is 10.5 Å². The van der Waals surface area contributed by atoms with Crippen molar-refractivity contribution in [2.45, 2.75) is 6.92 Å². The summed E-state index contributed by atoms with van der Waals surface area (Å²) in [4.78, 5) is 11.2. The molecule has 2 N–H and O–H groups in total. The van der Waals surface area contributed by atoms with Gasteiger partial charge in [0.05, 0.1) is 12.3 Å². The molecule has 0 aliphatic carbocycles. The van der Waals surface area contributed by atoms with E-state index in [9.17, 15) is 4.79 Å². The van der Waals surface area contributed by atoms with Gasteiger partial charge in [0.15, 0.2) is 0 Å². The average molecular weight is 168 g/mol. The lowest BCUT2D eigenvalue weighted by molar-refractivity contribution is 0.0515. The zero-order valence-corrected chi connectivity index (χ0v) is 7.20. The SMILES string of the molecule is CCOC(=O)c1cc(N)cn1C. The third-order valence-corrected chi connectivity index (χ3v) is 1.51. The van der Waals surface area contributed by atoms with Crippen molar-refractivity contribution >= 4 is 11.7 Å². The second-order valence-corrected chi connectivity index (χ2v) is 2.49. The summed E-state index contributed by atoms with van der Waals surface area (Å²) < 4.78 is 6.45. The summed E-state index contributed by atoms with van der Waals surface area (Å²) in [6.45, 7) is 2.15. The van der Waals surface area contributed by atoms with Gasteiger partial charge in [-0.1, -0.05) is 0 Å². The van der Waals surface area contributed by atoms with Crippen molar-refractivity contribution in [2.75, 3.05) is 12.3 Å². The fraction of sp³-hybridized carbons (Fsp3) is 0.375. The number of rotatable bonds is 2. The number of aromatic nitrogens is 1. The quantitative estimate of drug-likeness (QED) is 0.664. The van der Waals surface area contributed by atoms with Gasteiger partial charge in [0.1, 0.15) is 5.69 Å². The summed E-state index contributed by atoms with van der Waals surface area (Å²) >= 11 is 0. The lowest BCUT2D eigenvalue weighted by Crippen LogP contribution is -2.08. The lowest BCUT2D eigenvalue weighted by atomic mass is 10.4. The molecule has 0 atom stereocenters. The van der Waals surface area contributed by atoms with E-state index < -0.39 is 0 Å². The van der Waals surface area contributed by atoms with Gasteiger partial charge in [0.25, 0.3) is 0 Å². The van der Waals surface area contributed by atoms with Gasteiger partial charge in [-0.2, -0.15) is 0 Å². The molecule has 0 saturated carbocycles. The molecule has 0 saturated heterocycles. The number of nitrogens with two attached hydrogens (primary N) is 1. The van der Waals surface area contributed by atoms with Crippen molar-refractivity contribution in [1.82, 2.24) is 4.57 Å². The van der Waals surface area contributed by atoms with Gasteiger partial charge in [-0.3, -0.25) is 0 Å². The minimum Gasteiger partial charge on any atom is -0.461 e. The Kier molecular flexibility index (Phi) is 2.38. The number of carbonyl (C=O) groups excluding carboxylic acids is 1. The maximum Gasteiger partial charge on any atom is 0.355 e. The summed E-state index contributed by atoms with van der Waals surface area (Å²) in [5.74, 6) is -0.336. The first kappa shape index (κ1) is 8.64. The zero-order valence-electron chi connectivity index (χ0n) is 7.20. The number of hydrogen-bond donors (Lipinski definition) is 1. The van der Waals surface area contributed by atoms with Crippen LogP contribution in [0.25, 0.3) is 0 Å². The smallest absolute Gasteiger partial charge is 0.355 e. The summed E-state index contributed by atoms with van der Waals surface area (Å²) in [5, 5.41) is 0. The number of ether oxygens (including phenoxy) is 1. The van der Waals surface area contributed by atoms with Crippen LogP contribution in [0.15, 0.2) is 12.3 Å². The normalized spacial score (nSPS) is 9.83. The molecule has 0 unspecified atom stereocenters. The van der Waals surface area contributed by atoms with Crippen molar-refractivity contribution in [2.24, 2.45) is 7.05 Å². The standard InChI is InChI=1S/C8H12N2O2/c1-3-12-8(11)7-4-6(9)5-10(7)2/h4-5H,3,9H2,1-2H3. The van der Waals surface area contributed by atoms with E-state index in [2.05, 4.69) is 0 Å². The number of hydrogen-bond acceptors (Lipinski definition) is 3. The van der Waals surface area contributed by atoms with Crippen LogP contribution >= 0.6 is 0 Å². The second-order valence-electron chi connectivity index (χ2n) is 2.49. The molecule has 0 radical (unpaired) electrons. The molecule has 66 valence electrons. The molecule has 0 aliphatic rings. The van der Waals surface area contributed by atoms with E-state index in [0.717, 1.165) is 0 Å². The first-order valence-corrected chi connectivity index (χ1v) is 3.74. The fourth-order valence-electron chi connectivity index (χ4n) is 0.998. The molecular weight excluding hydrogens is 156 g/mol. The molecule has 1 heterocycles. The average Bonchev–Trinajstić information content (AvgIpc) is 2.30. The molecule has 0 amide bonds. The minimum atomic E-state index is -0.336. The summed E-state index contributed by atoms with van der Waals surface area (Å²) in [7, 11) is 1.75. The Labute approximate surface area is 70.9 Å². The maximum atomic E-state index is 11.2. The first-order chi connectivity index (χ1) is 5.65. The van der Waals surface area contributed by atoms with Gasteiger partial charge in [0, 0.05) is 13.2 Å². The van der Waals surface area contributed by atoms with Crippen LogP contribution in [0.2, 0.25) is 0 Å². The third-order valence-electron chi connectivity index (χ3n) is 1.51. The van der Waals surface area contributed by atoms with Gasteiger partial charge >= 0.3 is 5.97 Å². The highest BCUT2D eigenvalue weighted by Gasteiger charge is 2.10. The van der Waals surface area contributed by atoms with Gasteiger partial charge < -0.3 is 15.0 Å². The largest absolute Gasteiger partial charge is 0.461 e. The van der Waals surface area contributed by atoms with Crippen molar-refractivity contribution in [3.05, 3.63) is 18.0 Å². The van der Waals surface area contributed by atoms with Crippen LogP contribution in [-0.2, 0) is 11.8 Å². The van der Waals surface area contributed by atoms with Gasteiger partial charge in [0.2, 0.25) is 0 Å². The van der Waals surface area contributed by atoms with Gasteiger partial charge in [-0.15, -0.1) is 0 Å². The van der Waals surface area contributed by atoms with Crippen molar-refractivity contribution in [3.8, 4) is 0 Å². The van der Waals surface area contributed by atoms with E-state index in [1.54, 1.807) is 30.8 Å². The first-order valence-electron chi connectivity index (χ1n) is 3.74. The number of nitrogens with zero attached hydrogens (tertiary/aromatic N) is 1. The molecule has 0 spiro atoms. The predicted octanol–water partition coefficient (Wildman–Crippen LogP) is 0.784. The highest BCUT2D eigenvalue weighted by atomic mass is 16.5. The van der Waals surface area contributed by atoms with E-state index >= 15 is 0 Å². The predicted molar refractivity (Wildman–Crippen MR) is 45.8 cm³/mol. The van der Waals surface area contributed by atoms with Crippen molar-refractivity contribution in [1.29, 1.82) is 0 Å². The highest BCUT2D eigenvalue weighted by Crippen LogP contribution is 2.09. The van der Waals surface area contributed by atoms with Crippen LogP contribution in [-0.4, -0.2) is 17.1 Å². The zero-order chi connectivity index (χ0) is 9.14. The Balaban J connectivity index is 2.87. The fourth-order valence-corrected chi connectivity index (χ4v) is 0.998. The second kappa shape index (κ2) is 3.30. The Bertz CT molecular complexity index is 291. The van der Waals surface area contributed by atoms with E-state index in [-0.39, 0.29) is 5.97 Å². The summed E-state index contributed by atoms with van der Waals surface area (Å²) in [5.41, 5.74) is 6.54. The molecule has 4 heteroatoms. The molecule has 0 aromatic carbocycles. The number of carbonyl (C=O) groups is 1. The molecule has 1 aromatic rings. The van der Waals surface area contributed by atoms with Crippen LogP contribution in [0.3, 0.4) is 0 Å². The van der Waals surface area contributed by atoms with Crippen LogP contribution in [0.4, 0.5) is 5.69 Å². The lowest BCUT2D eigenvalue weighted by Gasteiger charge is -2.01. The highest BCUT2D eigenvalue weighted by molar-refractivity contribution is 5.88. The third kappa shape index (κ3) is 1.58. The molecule has 1 rings (SSSR count).